The van der Waals surface area contributed by atoms with E-state index < -0.39 is 28.0 Å². The van der Waals surface area contributed by atoms with E-state index in [1.165, 1.54) is 21.0 Å². The van der Waals surface area contributed by atoms with Crippen molar-refractivity contribution in [3.05, 3.63) is 57.4 Å². The van der Waals surface area contributed by atoms with E-state index in [1.807, 2.05) is 11.4 Å². The van der Waals surface area contributed by atoms with E-state index in [1.54, 1.807) is 38.1 Å². The van der Waals surface area contributed by atoms with Gasteiger partial charge in [0.2, 0.25) is 0 Å². The van der Waals surface area contributed by atoms with Crippen molar-refractivity contribution in [2.45, 2.75) is 33.6 Å². The van der Waals surface area contributed by atoms with E-state index in [4.69, 9.17) is 31.5 Å². The second-order valence-corrected chi connectivity index (χ2v) is 8.99. The monoisotopic (exact) mass is 566 g/mol. The van der Waals surface area contributed by atoms with Gasteiger partial charge in [-0.1, -0.05) is 41.6 Å². The number of nitrogens with two attached hydrogens (primary N) is 1. The Morgan fingerprint density at radius 3 is 2.37 bits per heavy atom. The van der Waals surface area contributed by atoms with Crippen molar-refractivity contribution in [2.75, 3.05) is 33.5 Å². The topological polar surface area (TPSA) is 143 Å². The molecule has 12 heteroatoms. The first kappa shape index (κ1) is 32.5. The highest BCUT2D eigenvalue weighted by Gasteiger charge is 2.39. The number of hydrogen-bond acceptors (Lipinski definition) is 10. The highest BCUT2D eigenvalue weighted by Crippen LogP contribution is 2.41. The van der Waals surface area contributed by atoms with Crippen LogP contribution in [0.15, 0.2) is 46.8 Å². The molecule has 3 N–H and O–H groups in total. The summed E-state index contributed by atoms with van der Waals surface area (Å²) in [5.74, 6) is 2.59. The van der Waals surface area contributed by atoms with Gasteiger partial charge in [-0.15, -0.1) is 0 Å². The third kappa shape index (κ3) is 9.43. The normalized spacial score (nSPS) is 14.4. The zero-order valence-corrected chi connectivity index (χ0v) is 23.4. The molecule has 1 atom stereocenters. The number of carbonyl (C=O) groups is 2. The molecule has 0 saturated heterocycles. The van der Waals surface area contributed by atoms with E-state index in [0.29, 0.717) is 40.7 Å². The Morgan fingerprint density at radius 2 is 1.82 bits per heavy atom. The lowest BCUT2D eigenvalue weighted by Gasteiger charge is -2.31. The predicted octanol–water partition coefficient (Wildman–Crippen LogP) is 2.56. The lowest BCUT2D eigenvalue weighted by Crippen LogP contribution is -2.35. The molecular weight excluding hydrogens is 536 g/mol. The lowest BCUT2D eigenvalue weighted by atomic mass is 9.80. The Hall–Kier alpha value is -3.48. The number of methoxy groups -OCH3 is 1. The summed E-state index contributed by atoms with van der Waals surface area (Å²) >= 11 is 6.42. The summed E-state index contributed by atoms with van der Waals surface area (Å²) in [4.78, 5) is 25.5. The number of rotatable bonds is 9. The second-order valence-electron chi connectivity index (χ2n) is 7.31. The highest BCUT2D eigenvalue weighted by atomic mass is 35.5. The van der Waals surface area contributed by atoms with Crippen molar-refractivity contribution in [3.8, 4) is 23.2 Å². The standard InChI is InChI=1S/C20H25ClN2O5.C6H6O3S/c1-4-28-20(25)18-15(11-27-10-9-22)23-12(2)16(19(24)26-3)17(18)13-7-5-6-8-14(13)21;1-3-5-9-10(7,8)6-4-2/h5-8,17,23H,4,9-11,22H2,1-3H3;1-2H3. The fourth-order valence-corrected chi connectivity index (χ4v) is 4.09. The lowest BCUT2D eigenvalue weighted by molar-refractivity contribution is -0.139. The number of dihydropyridines is 1. The summed E-state index contributed by atoms with van der Waals surface area (Å²) in [5.41, 5.74) is 7.70. The van der Waals surface area contributed by atoms with Crippen LogP contribution in [-0.2, 0) is 38.1 Å². The molecule has 0 amide bonds. The molecule has 1 aliphatic rings. The van der Waals surface area contributed by atoms with Crippen LogP contribution in [0.3, 0.4) is 0 Å². The maximum Gasteiger partial charge on any atom is 0.390 e. The van der Waals surface area contributed by atoms with Gasteiger partial charge in [0.25, 0.3) is 0 Å². The molecule has 1 aliphatic heterocycles. The van der Waals surface area contributed by atoms with E-state index in [9.17, 15) is 18.0 Å². The minimum atomic E-state index is -3.73. The van der Waals surface area contributed by atoms with Crippen molar-refractivity contribution in [2.24, 2.45) is 5.73 Å². The first-order valence-electron chi connectivity index (χ1n) is 11.4. The summed E-state index contributed by atoms with van der Waals surface area (Å²) in [6, 6.07) is 7.05. The van der Waals surface area contributed by atoms with Crippen molar-refractivity contribution < 1.29 is 36.4 Å². The number of nitrogens with one attached hydrogen (secondary N) is 1. The molecule has 0 aliphatic carbocycles. The highest BCUT2D eigenvalue weighted by molar-refractivity contribution is 7.91. The molecule has 206 valence electrons. The first-order chi connectivity index (χ1) is 18.1. The van der Waals surface area contributed by atoms with Gasteiger partial charge < -0.3 is 29.4 Å². The largest absolute Gasteiger partial charge is 0.466 e. The van der Waals surface area contributed by atoms with Crippen molar-refractivity contribution in [1.29, 1.82) is 0 Å². The number of hydrogen-bond donors (Lipinski definition) is 2. The summed E-state index contributed by atoms with van der Waals surface area (Å²) < 4.78 is 40.8. The van der Waals surface area contributed by atoms with Gasteiger partial charge in [-0.05, 0) is 32.4 Å². The molecule has 2 rings (SSSR count). The molecule has 1 unspecified atom stereocenters. The second kappa shape index (κ2) is 16.4. The van der Waals surface area contributed by atoms with Crippen LogP contribution in [0.4, 0.5) is 0 Å². The SMILES string of the molecule is CC#COS(=O)(=O)C#CC.CCOC(=O)C1=C(COCCN)NC(C)=C(C(=O)OC)C1c1ccccc1Cl. The molecule has 10 nitrogen and oxygen atoms in total. The van der Waals surface area contributed by atoms with Crippen LogP contribution in [-0.4, -0.2) is 53.8 Å². The molecule has 0 spiro atoms. The average molecular weight is 567 g/mol. The van der Waals surface area contributed by atoms with E-state index in [-0.39, 0.29) is 18.8 Å². The Balaban J connectivity index is 0.000000612. The van der Waals surface area contributed by atoms with Crippen LogP contribution in [0.25, 0.3) is 0 Å². The van der Waals surface area contributed by atoms with Crippen molar-refractivity contribution in [1.82, 2.24) is 5.32 Å². The minimum absolute atomic E-state index is 0.109. The molecule has 0 aromatic heterocycles. The predicted molar refractivity (Wildman–Crippen MR) is 142 cm³/mol. The van der Waals surface area contributed by atoms with Crippen molar-refractivity contribution in [3.63, 3.8) is 0 Å². The number of benzene rings is 1. The quantitative estimate of drug-likeness (QED) is 0.198. The van der Waals surface area contributed by atoms with Gasteiger partial charge in [-0.2, -0.15) is 8.42 Å². The summed E-state index contributed by atoms with van der Waals surface area (Å²) in [7, 11) is -2.44. The third-order valence-electron chi connectivity index (χ3n) is 4.75. The van der Waals surface area contributed by atoms with E-state index >= 15 is 0 Å². The van der Waals surface area contributed by atoms with E-state index in [0.717, 1.165) is 0 Å². The number of ether oxygens (including phenoxy) is 3. The summed E-state index contributed by atoms with van der Waals surface area (Å²) in [6.07, 6.45) is 1.93. The fraction of sp³-hybridized carbons (Fsp3) is 0.385. The number of carbonyl (C=O) groups excluding carboxylic acids is 2. The maximum atomic E-state index is 12.9. The van der Waals surface area contributed by atoms with Gasteiger partial charge in [-0.25, -0.2) is 9.59 Å². The maximum absolute atomic E-state index is 12.9. The molecular formula is C26H31ClN2O8S. The van der Waals surface area contributed by atoms with Crippen LogP contribution in [0.1, 0.15) is 39.2 Å². The molecule has 0 fully saturated rings. The minimum Gasteiger partial charge on any atom is -0.466 e. The molecule has 0 bridgehead atoms. The molecule has 1 aromatic carbocycles. The number of esters is 2. The van der Waals surface area contributed by atoms with Gasteiger partial charge >= 0.3 is 22.1 Å². The van der Waals surface area contributed by atoms with Crippen LogP contribution in [0, 0.1) is 23.2 Å². The molecule has 0 saturated carbocycles. The Morgan fingerprint density at radius 1 is 1.13 bits per heavy atom. The number of halogens is 1. The Kier molecular flexibility index (Phi) is 14.0. The average Bonchev–Trinajstić information content (AvgIpc) is 2.87. The molecule has 0 radical (unpaired) electrons. The van der Waals surface area contributed by atoms with Crippen LogP contribution >= 0.6 is 11.6 Å². The fourth-order valence-electron chi connectivity index (χ4n) is 3.36. The summed E-state index contributed by atoms with van der Waals surface area (Å²) in [5, 5.41) is 5.38. The zero-order chi connectivity index (χ0) is 28.7. The number of allylic oxidation sites excluding steroid dienone is 1. The third-order valence-corrected chi connectivity index (χ3v) is 5.85. The molecule has 38 heavy (non-hydrogen) atoms. The van der Waals surface area contributed by atoms with Gasteiger partial charge in [-0.3, -0.25) is 0 Å². The first-order valence-corrected chi connectivity index (χ1v) is 13.1. The van der Waals surface area contributed by atoms with Crippen LogP contribution in [0.5, 0.6) is 0 Å². The van der Waals surface area contributed by atoms with E-state index in [2.05, 4.69) is 21.3 Å². The Labute approximate surface area is 228 Å². The van der Waals surface area contributed by atoms with Gasteiger partial charge in [0.15, 0.2) is 0 Å². The smallest absolute Gasteiger partial charge is 0.390 e. The molecule has 1 heterocycles. The zero-order valence-electron chi connectivity index (χ0n) is 21.8. The summed E-state index contributed by atoms with van der Waals surface area (Å²) in [6.45, 7) is 7.29. The van der Waals surface area contributed by atoms with Gasteiger partial charge in [0, 0.05) is 24.2 Å². The van der Waals surface area contributed by atoms with Crippen LogP contribution < -0.4 is 11.1 Å². The van der Waals surface area contributed by atoms with Crippen molar-refractivity contribution >= 4 is 33.7 Å². The Bertz CT molecular complexity index is 1300. The van der Waals surface area contributed by atoms with Crippen LogP contribution in [0.2, 0.25) is 5.02 Å². The molecule has 1 aromatic rings. The van der Waals surface area contributed by atoms with Gasteiger partial charge in [0.1, 0.15) is 6.11 Å². The van der Waals surface area contributed by atoms with Gasteiger partial charge in [0.05, 0.1) is 54.9 Å².